The van der Waals surface area contributed by atoms with Gasteiger partial charge in [0.15, 0.2) is 0 Å². The molecule has 0 radical (unpaired) electrons. The van der Waals surface area contributed by atoms with Crippen LogP contribution < -0.4 is 9.64 Å². The van der Waals surface area contributed by atoms with E-state index in [4.69, 9.17) is 21.4 Å². The Morgan fingerprint density at radius 3 is 2.64 bits per heavy atom. The number of halogens is 1. The summed E-state index contributed by atoms with van der Waals surface area (Å²) in [5.74, 6) is -0.268. The summed E-state index contributed by atoms with van der Waals surface area (Å²) >= 11 is 6.29. The molecule has 5 heteroatoms. The number of carboxylic acids is 1. The first-order valence-electron chi connectivity index (χ1n) is 8.59. The molecule has 0 amide bonds. The zero-order valence-corrected chi connectivity index (χ0v) is 14.8. The van der Waals surface area contributed by atoms with Gasteiger partial charge in [0.25, 0.3) is 0 Å². The van der Waals surface area contributed by atoms with Crippen molar-refractivity contribution in [2.24, 2.45) is 0 Å². The molecular formula is C20H22ClNO3. The highest BCUT2D eigenvalue weighted by atomic mass is 35.5. The van der Waals surface area contributed by atoms with Gasteiger partial charge in [0, 0.05) is 29.4 Å². The molecular weight excluding hydrogens is 338 g/mol. The van der Waals surface area contributed by atoms with Crippen LogP contribution in [0, 0.1) is 0 Å². The molecule has 132 valence electrons. The fourth-order valence-electron chi connectivity index (χ4n) is 3.17. The Bertz CT molecular complexity index is 741. The Labute approximate surface area is 153 Å². The Morgan fingerprint density at radius 1 is 1.12 bits per heavy atom. The number of hydrogen-bond donors (Lipinski definition) is 1. The number of hydrogen-bond acceptors (Lipinski definition) is 3. The summed E-state index contributed by atoms with van der Waals surface area (Å²) in [6.45, 7) is 2.47. The van der Waals surface area contributed by atoms with Crippen molar-refractivity contribution in [2.45, 2.75) is 32.3 Å². The lowest BCUT2D eigenvalue weighted by Gasteiger charge is -2.29. The zero-order valence-electron chi connectivity index (χ0n) is 14.1. The predicted molar refractivity (Wildman–Crippen MR) is 99.6 cm³/mol. The Hall–Kier alpha value is -2.20. The van der Waals surface area contributed by atoms with E-state index >= 15 is 0 Å². The molecule has 2 aromatic rings. The summed E-state index contributed by atoms with van der Waals surface area (Å²) < 4.78 is 5.88. The standard InChI is InChI=1S/C20H22ClNO3/c21-17-10-15(11-18(13-17)22-8-4-1-5-9-22)14-25-19-7-3-2-6-16(19)12-20(23)24/h2-3,6-7,10-11,13H,1,4-5,8-9,12,14H2,(H,23,24). The molecule has 1 fully saturated rings. The van der Waals surface area contributed by atoms with Crippen molar-refractivity contribution >= 4 is 23.3 Å². The van der Waals surface area contributed by atoms with Crippen molar-refractivity contribution in [1.29, 1.82) is 0 Å². The number of carboxylic acid groups (broad SMARTS) is 1. The second-order valence-electron chi connectivity index (χ2n) is 6.33. The largest absolute Gasteiger partial charge is 0.489 e. The first kappa shape index (κ1) is 17.6. The molecule has 1 aliphatic rings. The lowest BCUT2D eigenvalue weighted by atomic mass is 10.1. The molecule has 1 saturated heterocycles. The van der Waals surface area contributed by atoms with Crippen LogP contribution in [0.2, 0.25) is 5.02 Å². The van der Waals surface area contributed by atoms with E-state index in [-0.39, 0.29) is 6.42 Å². The average molecular weight is 360 g/mol. The van der Waals surface area contributed by atoms with Gasteiger partial charge in [-0.25, -0.2) is 0 Å². The summed E-state index contributed by atoms with van der Waals surface area (Å²) in [6.07, 6.45) is 3.65. The number of ether oxygens (including phenoxy) is 1. The third-order valence-electron chi connectivity index (χ3n) is 4.37. The van der Waals surface area contributed by atoms with Crippen LogP contribution in [-0.4, -0.2) is 24.2 Å². The molecule has 2 aromatic carbocycles. The van der Waals surface area contributed by atoms with Gasteiger partial charge in [0.05, 0.1) is 6.42 Å². The first-order valence-corrected chi connectivity index (χ1v) is 8.96. The minimum atomic E-state index is -0.869. The van der Waals surface area contributed by atoms with Crippen molar-refractivity contribution < 1.29 is 14.6 Å². The molecule has 1 N–H and O–H groups in total. The maximum absolute atomic E-state index is 11.0. The number of carbonyl (C=O) groups is 1. The van der Waals surface area contributed by atoms with Crippen LogP contribution in [0.25, 0.3) is 0 Å². The second-order valence-corrected chi connectivity index (χ2v) is 6.77. The van der Waals surface area contributed by atoms with Crippen molar-refractivity contribution in [3.05, 3.63) is 58.6 Å². The number of nitrogens with zero attached hydrogens (tertiary/aromatic N) is 1. The monoisotopic (exact) mass is 359 g/mol. The normalized spacial score (nSPS) is 14.4. The van der Waals surface area contributed by atoms with Crippen LogP contribution in [0.4, 0.5) is 5.69 Å². The third-order valence-corrected chi connectivity index (χ3v) is 4.59. The van der Waals surface area contributed by atoms with Gasteiger partial charge in [-0.3, -0.25) is 4.79 Å². The molecule has 0 aromatic heterocycles. The molecule has 1 aliphatic heterocycles. The van der Waals surface area contributed by atoms with Gasteiger partial charge in [-0.1, -0.05) is 29.8 Å². The summed E-state index contributed by atoms with van der Waals surface area (Å²) in [4.78, 5) is 13.3. The van der Waals surface area contributed by atoms with Crippen molar-refractivity contribution in [3.63, 3.8) is 0 Å². The van der Waals surface area contributed by atoms with Crippen LogP contribution >= 0.6 is 11.6 Å². The van der Waals surface area contributed by atoms with Crippen molar-refractivity contribution in [2.75, 3.05) is 18.0 Å². The van der Waals surface area contributed by atoms with Crippen LogP contribution in [0.15, 0.2) is 42.5 Å². The van der Waals surface area contributed by atoms with Crippen LogP contribution in [0.1, 0.15) is 30.4 Å². The lowest BCUT2D eigenvalue weighted by Crippen LogP contribution is -2.29. The highest BCUT2D eigenvalue weighted by Gasteiger charge is 2.13. The fourth-order valence-corrected chi connectivity index (χ4v) is 3.42. The van der Waals surface area contributed by atoms with E-state index < -0.39 is 5.97 Å². The van der Waals surface area contributed by atoms with Crippen LogP contribution in [0.5, 0.6) is 5.75 Å². The van der Waals surface area contributed by atoms with E-state index in [2.05, 4.69) is 11.0 Å². The fraction of sp³-hybridized carbons (Fsp3) is 0.350. The van der Waals surface area contributed by atoms with E-state index in [1.807, 2.05) is 24.3 Å². The van der Waals surface area contributed by atoms with Gasteiger partial charge < -0.3 is 14.7 Å². The second kappa shape index (κ2) is 8.26. The molecule has 0 bridgehead atoms. The number of benzene rings is 2. The summed E-state index contributed by atoms with van der Waals surface area (Å²) in [6, 6.07) is 13.2. The topological polar surface area (TPSA) is 49.8 Å². The zero-order chi connectivity index (χ0) is 17.6. The molecule has 4 nitrogen and oxygen atoms in total. The maximum Gasteiger partial charge on any atom is 0.307 e. The number of anilines is 1. The molecule has 25 heavy (non-hydrogen) atoms. The van der Waals surface area contributed by atoms with Gasteiger partial charge in [-0.15, -0.1) is 0 Å². The number of aliphatic carboxylic acids is 1. The van der Waals surface area contributed by atoms with Gasteiger partial charge >= 0.3 is 5.97 Å². The maximum atomic E-state index is 11.0. The SMILES string of the molecule is O=C(O)Cc1ccccc1OCc1cc(Cl)cc(N2CCCCC2)c1. The highest BCUT2D eigenvalue weighted by Crippen LogP contribution is 2.27. The molecule has 0 atom stereocenters. The molecule has 0 unspecified atom stereocenters. The molecule has 0 spiro atoms. The van der Waals surface area contributed by atoms with Gasteiger partial charge in [-0.05, 0) is 49.1 Å². The van der Waals surface area contributed by atoms with Gasteiger partial charge in [0.1, 0.15) is 12.4 Å². The lowest BCUT2D eigenvalue weighted by molar-refractivity contribution is -0.136. The van der Waals surface area contributed by atoms with E-state index in [0.717, 1.165) is 24.3 Å². The van der Waals surface area contributed by atoms with E-state index in [9.17, 15) is 4.79 Å². The number of para-hydroxylation sites is 1. The van der Waals surface area contributed by atoms with Crippen molar-refractivity contribution in [3.8, 4) is 5.75 Å². The summed E-state index contributed by atoms with van der Waals surface area (Å²) in [7, 11) is 0. The average Bonchev–Trinajstić information content (AvgIpc) is 2.61. The quantitative estimate of drug-likeness (QED) is 0.822. The van der Waals surface area contributed by atoms with Gasteiger partial charge in [0.2, 0.25) is 0 Å². The molecule has 3 rings (SSSR count). The minimum Gasteiger partial charge on any atom is -0.489 e. The Kier molecular flexibility index (Phi) is 5.82. The molecule has 1 heterocycles. The number of piperidine rings is 1. The van der Waals surface area contributed by atoms with E-state index in [1.54, 1.807) is 12.1 Å². The minimum absolute atomic E-state index is 0.0508. The van der Waals surface area contributed by atoms with Crippen molar-refractivity contribution in [1.82, 2.24) is 0 Å². The summed E-state index contributed by atoms with van der Waals surface area (Å²) in [5.41, 5.74) is 2.79. The van der Waals surface area contributed by atoms with Crippen LogP contribution in [0.3, 0.4) is 0 Å². The molecule has 0 saturated carbocycles. The smallest absolute Gasteiger partial charge is 0.307 e. The van der Waals surface area contributed by atoms with Crippen LogP contribution in [-0.2, 0) is 17.8 Å². The van der Waals surface area contributed by atoms with E-state index in [0.29, 0.717) is 22.9 Å². The first-order chi connectivity index (χ1) is 12.1. The Morgan fingerprint density at radius 2 is 1.88 bits per heavy atom. The predicted octanol–water partition coefficient (Wildman–Crippen LogP) is 4.54. The van der Waals surface area contributed by atoms with E-state index in [1.165, 1.54) is 19.3 Å². The van der Waals surface area contributed by atoms with Gasteiger partial charge in [-0.2, -0.15) is 0 Å². The highest BCUT2D eigenvalue weighted by molar-refractivity contribution is 6.30. The number of rotatable bonds is 6. The molecule has 0 aliphatic carbocycles. The third kappa shape index (κ3) is 4.89. The summed E-state index contributed by atoms with van der Waals surface area (Å²) in [5, 5.41) is 9.71. The Balaban J connectivity index is 1.73.